The molecule has 1 aromatic rings. The topological polar surface area (TPSA) is 0 Å². The number of rotatable bonds is 2. The van der Waals surface area contributed by atoms with Crippen LogP contribution in [0.1, 0.15) is 0 Å². The van der Waals surface area contributed by atoms with Gasteiger partial charge in [0.2, 0.25) is 0 Å². The monoisotopic (exact) mass is 154 g/mol. The lowest BCUT2D eigenvalue weighted by Gasteiger charge is -1.95. The van der Waals surface area contributed by atoms with E-state index in [1.807, 2.05) is 0 Å². The predicted octanol–water partition coefficient (Wildman–Crippen LogP) is 3.06. The lowest BCUT2D eigenvalue weighted by atomic mass is 10.4. The van der Waals surface area contributed by atoms with Crippen LogP contribution in [0.15, 0.2) is 41.1 Å². The van der Waals surface area contributed by atoms with E-state index in [0.717, 1.165) is 0 Å². The standard InChI is InChI=1S/C8H7FS/c1-2-10-8-6-4-3-5-7(8)9/h2-6H,1H2. The van der Waals surface area contributed by atoms with Crippen LogP contribution in [0.25, 0.3) is 0 Å². The van der Waals surface area contributed by atoms with E-state index in [1.54, 1.807) is 23.6 Å². The van der Waals surface area contributed by atoms with Crippen LogP contribution >= 0.6 is 11.8 Å². The van der Waals surface area contributed by atoms with Crippen LogP contribution in [0.3, 0.4) is 0 Å². The van der Waals surface area contributed by atoms with Crippen molar-refractivity contribution < 1.29 is 4.39 Å². The molecule has 0 heterocycles. The largest absolute Gasteiger partial charge is 0.206 e. The van der Waals surface area contributed by atoms with Crippen LogP contribution in [0, 0.1) is 5.82 Å². The minimum absolute atomic E-state index is 0.188. The highest BCUT2D eigenvalue weighted by atomic mass is 32.2. The van der Waals surface area contributed by atoms with Crippen molar-refractivity contribution in [2.45, 2.75) is 4.90 Å². The molecule has 1 aromatic carbocycles. The quantitative estimate of drug-likeness (QED) is 0.590. The van der Waals surface area contributed by atoms with Crippen LogP contribution in [0.2, 0.25) is 0 Å². The van der Waals surface area contributed by atoms with Gasteiger partial charge in [0.05, 0.1) is 0 Å². The highest BCUT2D eigenvalue weighted by Crippen LogP contribution is 2.20. The van der Waals surface area contributed by atoms with E-state index in [2.05, 4.69) is 6.58 Å². The van der Waals surface area contributed by atoms with E-state index >= 15 is 0 Å². The van der Waals surface area contributed by atoms with Crippen molar-refractivity contribution in [2.24, 2.45) is 0 Å². The van der Waals surface area contributed by atoms with Crippen LogP contribution in [0.5, 0.6) is 0 Å². The summed E-state index contributed by atoms with van der Waals surface area (Å²) in [6, 6.07) is 6.63. The molecule has 0 amide bonds. The minimum atomic E-state index is -0.188. The maximum absolute atomic E-state index is 12.7. The van der Waals surface area contributed by atoms with Crippen molar-refractivity contribution >= 4 is 11.8 Å². The van der Waals surface area contributed by atoms with Crippen molar-refractivity contribution in [3.63, 3.8) is 0 Å². The summed E-state index contributed by atoms with van der Waals surface area (Å²) < 4.78 is 12.7. The van der Waals surface area contributed by atoms with Crippen molar-refractivity contribution in [2.75, 3.05) is 0 Å². The molecule has 0 aliphatic heterocycles. The van der Waals surface area contributed by atoms with Gasteiger partial charge in [0.1, 0.15) is 5.82 Å². The Hall–Kier alpha value is -0.760. The third-order valence-electron chi connectivity index (χ3n) is 1.05. The number of hydrogen-bond donors (Lipinski definition) is 0. The second kappa shape index (κ2) is 3.42. The summed E-state index contributed by atoms with van der Waals surface area (Å²) in [4.78, 5) is 0.623. The second-order valence-corrected chi connectivity index (χ2v) is 2.72. The van der Waals surface area contributed by atoms with Crippen molar-refractivity contribution in [1.82, 2.24) is 0 Å². The van der Waals surface area contributed by atoms with Gasteiger partial charge >= 0.3 is 0 Å². The molecule has 0 atom stereocenters. The lowest BCUT2D eigenvalue weighted by Crippen LogP contribution is -1.75. The fourth-order valence-corrected chi connectivity index (χ4v) is 1.15. The molecule has 0 aliphatic carbocycles. The molecule has 0 bridgehead atoms. The van der Waals surface area contributed by atoms with E-state index in [4.69, 9.17) is 0 Å². The highest BCUT2D eigenvalue weighted by molar-refractivity contribution is 8.02. The molecule has 2 heteroatoms. The molecule has 0 N–H and O–H groups in total. The second-order valence-electron chi connectivity index (χ2n) is 1.71. The Morgan fingerprint density at radius 1 is 1.40 bits per heavy atom. The third-order valence-corrected chi connectivity index (χ3v) is 1.80. The number of hydrogen-bond acceptors (Lipinski definition) is 1. The zero-order chi connectivity index (χ0) is 7.40. The highest BCUT2D eigenvalue weighted by Gasteiger charge is 1.96. The lowest BCUT2D eigenvalue weighted by molar-refractivity contribution is 0.602. The first-order valence-electron chi connectivity index (χ1n) is 2.86. The average molecular weight is 154 g/mol. The van der Waals surface area contributed by atoms with Crippen LogP contribution in [-0.2, 0) is 0 Å². The molecule has 0 spiro atoms. The summed E-state index contributed by atoms with van der Waals surface area (Å²) in [5.74, 6) is -0.188. The zero-order valence-corrected chi connectivity index (χ0v) is 6.20. The molecular formula is C8H7FS. The van der Waals surface area contributed by atoms with E-state index in [1.165, 1.54) is 17.8 Å². The molecule has 0 aromatic heterocycles. The maximum atomic E-state index is 12.7. The van der Waals surface area contributed by atoms with E-state index in [0.29, 0.717) is 4.90 Å². The van der Waals surface area contributed by atoms with Gasteiger partial charge < -0.3 is 0 Å². The van der Waals surface area contributed by atoms with Crippen LogP contribution in [0.4, 0.5) is 4.39 Å². The van der Waals surface area contributed by atoms with Crippen LogP contribution in [-0.4, -0.2) is 0 Å². The van der Waals surface area contributed by atoms with Crippen molar-refractivity contribution in [1.29, 1.82) is 0 Å². The smallest absolute Gasteiger partial charge is 0.137 e. The number of thioether (sulfide) groups is 1. The molecular weight excluding hydrogens is 147 g/mol. The first kappa shape index (κ1) is 7.35. The molecule has 0 saturated carbocycles. The Kier molecular flexibility index (Phi) is 2.51. The molecule has 0 saturated heterocycles. The first-order valence-corrected chi connectivity index (χ1v) is 3.74. The van der Waals surface area contributed by atoms with Gasteiger partial charge in [-0.3, -0.25) is 0 Å². The Morgan fingerprint density at radius 2 is 2.10 bits per heavy atom. The van der Waals surface area contributed by atoms with E-state index in [-0.39, 0.29) is 5.82 Å². The Balaban J connectivity index is 2.91. The van der Waals surface area contributed by atoms with Gasteiger partial charge in [-0.1, -0.05) is 30.5 Å². The molecule has 10 heavy (non-hydrogen) atoms. The Bertz CT molecular complexity index is 232. The summed E-state index contributed by atoms with van der Waals surface area (Å²) in [5.41, 5.74) is 0. The Morgan fingerprint density at radius 3 is 2.70 bits per heavy atom. The van der Waals surface area contributed by atoms with Gasteiger partial charge in [0.15, 0.2) is 0 Å². The predicted molar refractivity (Wildman–Crippen MR) is 42.5 cm³/mol. The molecule has 1 rings (SSSR count). The molecule has 0 fully saturated rings. The first-order chi connectivity index (χ1) is 4.84. The van der Waals surface area contributed by atoms with Crippen LogP contribution < -0.4 is 0 Å². The summed E-state index contributed by atoms with van der Waals surface area (Å²) in [5, 5.41) is 1.61. The molecule has 0 unspecified atom stereocenters. The zero-order valence-electron chi connectivity index (χ0n) is 5.38. The average Bonchev–Trinajstić information content (AvgIpc) is 1.94. The fourth-order valence-electron chi connectivity index (χ4n) is 0.630. The van der Waals surface area contributed by atoms with Crippen molar-refractivity contribution in [3.8, 4) is 0 Å². The molecule has 52 valence electrons. The normalized spacial score (nSPS) is 9.30. The Labute approximate surface area is 63.8 Å². The summed E-state index contributed by atoms with van der Waals surface area (Å²) in [6.45, 7) is 3.49. The van der Waals surface area contributed by atoms with Gasteiger partial charge in [0, 0.05) is 4.90 Å². The maximum Gasteiger partial charge on any atom is 0.137 e. The minimum Gasteiger partial charge on any atom is -0.206 e. The number of benzene rings is 1. The van der Waals surface area contributed by atoms with Gasteiger partial charge in [-0.15, -0.1) is 0 Å². The molecule has 0 aliphatic rings. The van der Waals surface area contributed by atoms with Gasteiger partial charge in [-0.25, -0.2) is 4.39 Å². The van der Waals surface area contributed by atoms with E-state index < -0.39 is 0 Å². The summed E-state index contributed by atoms with van der Waals surface area (Å²) in [7, 11) is 0. The van der Waals surface area contributed by atoms with Crippen molar-refractivity contribution in [3.05, 3.63) is 42.1 Å². The SMILES string of the molecule is C=CSc1ccccc1F. The van der Waals surface area contributed by atoms with Gasteiger partial charge in [-0.05, 0) is 17.5 Å². The third kappa shape index (κ3) is 1.61. The summed E-state index contributed by atoms with van der Waals surface area (Å²) in [6.07, 6.45) is 0. The van der Waals surface area contributed by atoms with Gasteiger partial charge in [-0.2, -0.15) is 0 Å². The molecule has 0 nitrogen and oxygen atoms in total. The molecule has 0 radical (unpaired) electrons. The van der Waals surface area contributed by atoms with E-state index in [9.17, 15) is 4.39 Å². The fraction of sp³-hybridized carbons (Fsp3) is 0. The summed E-state index contributed by atoms with van der Waals surface area (Å²) >= 11 is 1.29. The number of halogens is 1. The van der Waals surface area contributed by atoms with Gasteiger partial charge in [0.25, 0.3) is 0 Å².